The first-order valence-corrected chi connectivity index (χ1v) is 19.1. The van der Waals surface area contributed by atoms with Gasteiger partial charge in [0.2, 0.25) is 0 Å². The van der Waals surface area contributed by atoms with Gasteiger partial charge in [0, 0.05) is 33.4 Å². The highest BCUT2D eigenvalue weighted by Crippen LogP contribution is 2.62. The second-order valence-corrected chi connectivity index (χ2v) is 14.3. The summed E-state index contributed by atoms with van der Waals surface area (Å²) in [5.74, 6) is 4.75. The molecule has 2 aliphatic heterocycles. The van der Waals surface area contributed by atoms with Crippen molar-refractivity contribution < 1.29 is 9.47 Å². The molecule has 5 heteroatoms. The summed E-state index contributed by atoms with van der Waals surface area (Å²) in [6, 6.07) is 68.8. The minimum atomic E-state index is -0.738. The number of para-hydroxylation sites is 4. The molecule has 268 valence electrons. The molecule has 0 radical (unpaired) electrons. The lowest BCUT2D eigenvalue weighted by atomic mass is 9.62. The molecule has 0 fully saturated rings. The summed E-state index contributed by atoms with van der Waals surface area (Å²) < 4.78 is 13.6. The minimum Gasteiger partial charge on any atom is -0.457 e. The molecule has 57 heavy (non-hydrogen) atoms. The van der Waals surface area contributed by atoms with Gasteiger partial charge in [-0.3, -0.25) is 0 Å². The molecule has 0 saturated heterocycles. The number of nitrogens with zero attached hydrogens (tertiary/aromatic N) is 3. The van der Waals surface area contributed by atoms with Crippen molar-refractivity contribution in [2.24, 2.45) is 0 Å². The Hall–Kier alpha value is -7.63. The highest BCUT2D eigenvalue weighted by Gasteiger charge is 2.51. The molecule has 0 bridgehead atoms. The van der Waals surface area contributed by atoms with Gasteiger partial charge in [-0.05, 0) is 58.7 Å². The van der Waals surface area contributed by atoms with Crippen molar-refractivity contribution in [1.82, 2.24) is 15.0 Å². The van der Waals surface area contributed by atoms with Gasteiger partial charge in [-0.1, -0.05) is 164 Å². The van der Waals surface area contributed by atoms with Gasteiger partial charge in [0.1, 0.15) is 23.0 Å². The minimum absolute atomic E-state index is 0.519. The fourth-order valence-corrected chi connectivity index (χ4v) is 8.51. The number of fused-ring (bicyclic) bond motifs is 8. The molecule has 1 aromatic heterocycles. The third-order valence-corrected chi connectivity index (χ3v) is 11.1. The molecular formula is C52H33N3O2. The normalized spacial score (nSPS) is 13.0. The van der Waals surface area contributed by atoms with Crippen LogP contribution in [0.2, 0.25) is 0 Å². The van der Waals surface area contributed by atoms with Crippen LogP contribution in [0.3, 0.4) is 0 Å². The van der Waals surface area contributed by atoms with Crippen LogP contribution in [-0.2, 0) is 5.41 Å². The highest BCUT2D eigenvalue weighted by atomic mass is 16.5. The van der Waals surface area contributed by atoms with Crippen molar-refractivity contribution in [2.45, 2.75) is 5.41 Å². The van der Waals surface area contributed by atoms with E-state index in [1.807, 2.05) is 48.5 Å². The van der Waals surface area contributed by atoms with E-state index in [1.165, 1.54) is 0 Å². The predicted molar refractivity (Wildman–Crippen MR) is 225 cm³/mol. The van der Waals surface area contributed by atoms with Crippen molar-refractivity contribution in [1.29, 1.82) is 0 Å². The van der Waals surface area contributed by atoms with Crippen LogP contribution in [-0.4, -0.2) is 15.0 Å². The Morgan fingerprint density at radius 3 is 1.21 bits per heavy atom. The summed E-state index contributed by atoms with van der Waals surface area (Å²) in [5, 5.41) is 0. The predicted octanol–water partition coefficient (Wildman–Crippen LogP) is 12.8. The number of rotatable bonds is 5. The molecule has 0 N–H and O–H groups in total. The van der Waals surface area contributed by atoms with Crippen LogP contribution < -0.4 is 9.47 Å². The number of ether oxygens (including phenoxy) is 2. The average molecular weight is 732 g/mol. The Labute approximate surface area is 330 Å². The lowest BCUT2D eigenvalue weighted by Gasteiger charge is -2.45. The van der Waals surface area contributed by atoms with Crippen LogP contribution >= 0.6 is 0 Å². The van der Waals surface area contributed by atoms with Crippen molar-refractivity contribution in [3.8, 4) is 79.4 Å². The number of benzene rings is 8. The summed E-state index contributed by atoms with van der Waals surface area (Å²) in [7, 11) is 0. The Kier molecular flexibility index (Phi) is 7.64. The molecular weight excluding hydrogens is 699 g/mol. The topological polar surface area (TPSA) is 57.1 Å². The molecule has 11 rings (SSSR count). The number of aromatic nitrogens is 3. The molecule has 3 heterocycles. The van der Waals surface area contributed by atoms with Gasteiger partial charge in [-0.25, -0.2) is 15.0 Å². The summed E-state index contributed by atoms with van der Waals surface area (Å²) in [6.45, 7) is 0. The second kappa shape index (κ2) is 13.3. The lowest BCUT2D eigenvalue weighted by molar-refractivity contribution is 0.400. The van der Waals surface area contributed by atoms with Gasteiger partial charge in [0.15, 0.2) is 17.5 Å². The maximum Gasteiger partial charge on any atom is 0.167 e. The van der Waals surface area contributed by atoms with Crippen molar-refractivity contribution in [2.75, 3.05) is 0 Å². The van der Waals surface area contributed by atoms with Crippen LogP contribution in [0.4, 0.5) is 0 Å². The van der Waals surface area contributed by atoms with E-state index in [2.05, 4.69) is 152 Å². The third-order valence-electron chi connectivity index (χ3n) is 11.1. The highest BCUT2D eigenvalue weighted by molar-refractivity contribution is 5.82. The quantitative estimate of drug-likeness (QED) is 0.176. The third kappa shape index (κ3) is 5.35. The zero-order valence-corrected chi connectivity index (χ0v) is 30.7. The van der Waals surface area contributed by atoms with Gasteiger partial charge < -0.3 is 9.47 Å². The second-order valence-electron chi connectivity index (χ2n) is 14.3. The molecule has 5 nitrogen and oxygen atoms in total. The molecule has 2 aliphatic rings. The summed E-state index contributed by atoms with van der Waals surface area (Å²) in [6.07, 6.45) is 0. The standard InChI is InChI=1S/C52H33N3O2/c1-3-16-34(17-4-1)36-20-13-22-38(32-36)49-53-50(39-23-14-21-37(33-39)35-18-5-2-6-19-35)55-51(54-49)40-24-15-28-44-48(40)57-47-31-12-9-27-43(47)52(44)41-25-7-10-29-45(41)56-46-30-11-8-26-42(46)52/h1-33H. The van der Waals surface area contributed by atoms with Gasteiger partial charge >= 0.3 is 0 Å². The Morgan fingerprint density at radius 1 is 0.298 bits per heavy atom. The Bertz CT molecular complexity index is 2810. The molecule has 0 atom stereocenters. The average Bonchev–Trinajstić information content (AvgIpc) is 3.29. The van der Waals surface area contributed by atoms with E-state index in [1.54, 1.807) is 0 Å². The van der Waals surface area contributed by atoms with Crippen LogP contribution in [0.1, 0.15) is 22.3 Å². The molecule has 0 aliphatic carbocycles. The smallest absolute Gasteiger partial charge is 0.167 e. The Morgan fingerprint density at radius 2 is 0.684 bits per heavy atom. The van der Waals surface area contributed by atoms with E-state index in [9.17, 15) is 0 Å². The molecule has 9 aromatic rings. The zero-order valence-electron chi connectivity index (χ0n) is 30.7. The van der Waals surface area contributed by atoms with Gasteiger partial charge in [0.25, 0.3) is 0 Å². The van der Waals surface area contributed by atoms with E-state index < -0.39 is 5.41 Å². The van der Waals surface area contributed by atoms with Crippen molar-refractivity contribution in [3.05, 3.63) is 222 Å². The summed E-state index contributed by atoms with van der Waals surface area (Å²) >= 11 is 0. The fraction of sp³-hybridized carbons (Fsp3) is 0.0192. The maximum absolute atomic E-state index is 7.02. The fourth-order valence-electron chi connectivity index (χ4n) is 8.51. The van der Waals surface area contributed by atoms with Crippen LogP contribution in [0.5, 0.6) is 23.0 Å². The van der Waals surface area contributed by atoms with Crippen molar-refractivity contribution in [3.63, 3.8) is 0 Å². The summed E-state index contributed by atoms with van der Waals surface area (Å²) in [5.41, 5.74) is 10.3. The lowest BCUT2D eigenvalue weighted by Crippen LogP contribution is -2.36. The molecule has 0 saturated carbocycles. The van der Waals surface area contributed by atoms with Crippen molar-refractivity contribution >= 4 is 0 Å². The maximum atomic E-state index is 7.02. The Balaban J connectivity index is 1.16. The first kappa shape index (κ1) is 32.8. The van der Waals surface area contributed by atoms with E-state index in [4.69, 9.17) is 24.4 Å². The SMILES string of the molecule is c1ccc(-c2cccc(-c3nc(-c4cccc(-c5ccccc5)c4)nc(-c4cccc5c4Oc4ccccc4C54c5ccccc5Oc5ccccc54)n3)c2)cc1. The molecule has 1 spiro atoms. The number of hydrogen-bond acceptors (Lipinski definition) is 5. The van der Waals surface area contributed by atoms with Crippen LogP contribution in [0, 0.1) is 0 Å². The molecule has 8 aromatic carbocycles. The first-order chi connectivity index (χ1) is 28.2. The van der Waals surface area contributed by atoms with E-state index >= 15 is 0 Å². The summed E-state index contributed by atoms with van der Waals surface area (Å²) in [4.78, 5) is 15.7. The van der Waals surface area contributed by atoms with E-state index in [-0.39, 0.29) is 0 Å². The van der Waals surface area contributed by atoms with E-state index in [0.29, 0.717) is 23.2 Å². The van der Waals surface area contributed by atoms with Crippen LogP contribution in [0.25, 0.3) is 56.4 Å². The number of hydrogen-bond donors (Lipinski definition) is 0. The van der Waals surface area contributed by atoms with Gasteiger partial charge in [-0.2, -0.15) is 0 Å². The zero-order chi connectivity index (χ0) is 37.8. The largest absolute Gasteiger partial charge is 0.457 e. The monoisotopic (exact) mass is 731 g/mol. The van der Waals surface area contributed by atoms with Crippen LogP contribution in [0.15, 0.2) is 200 Å². The first-order valence-electron chi connectivity index (χ1n) is 19.1. The van der Waals surface area contributed by atoms with E-state index in [0.717, 1.165) is 78.4 Å². The van der Waals surface area contributed by atoms with Gasteiger partial charge in [0.05, 0.1) is 11.0 Å². The van der Waals surface area contributed by atoms with Gasteiger partial charge in [-0.15, -0.1) is 0 Å². The molecule has 0 amide bonds. The molecule has 0 unspecified atom stereocenters.